The van der Waals surface area contributed by atoms with Crippen LogP contribution in [0.3, 0.4) is 0 Å². The van der Waals surface area contributed by atoms with Gasteiger partial charge in [-0.15, -0.1) is 6.58 Å². The molecule has 0 atom stereocenters. The molecule has 42 heavy (non-hydrogen) atoms. The summed E-state index contributed by atoms with van der Waals surface area (Å²) in [7, 11) is 1.57. The standard InChI is InChI=1S/C32H26N6O3S/c1-4-16-38-27(33)23(18-24-28(38)34-25-7-5-6-17-37(25)32(24)40)30-35-26(20-10-8-19(2)9-11-20)31(42-30)36-29(39)21-12-14-22(41-3)15-13-21/h4-15,17-18,33H,1,16H2,2-3H3,(H,36,39). The van der Waals surface area contributed by atoms with Gasteiger partial charge in [-0.05, 0) is 49.4 Å². The average Bonchev–Trinajstić information content (AvgIpc) is 3.42. The van der Waals surface area contributed by atoms with Crippen LogP contribution in [-0.4, -0.2) is 32.0 Å². The largest absolute Gasteiger partial charge is 0.497 e. The van der Waals surface area contributed by atoms with E-state index in [4.69, 9.17) is 20.1 Å². The molecule has 9 nitrogen and oxygen atoms in total. The van der Waals surface area contributed by atoms with Crippen molar-refractivity contribution < 1.29 is 9.53 Å². The van der Waals surface area contributed by atoms with Crippen molar-refractivity contribution in [1.82, 2.24) is 18.9 Å². The fourth-order valence-electron chi connectivity index (χ4n) is 4.70. The number of hydrogen-bond donors (Lipinski definition) is 2. The van der Waals surface area contributed by atoms with Crippen molar-refractivity contribution in [3.05, 3.63) is 119 Å². The molecule has 0 aliphatic carbocycles. The molecule has 0 unspecified atom stereocenters. The number of thiazole rings is 1. The Labute approximate surface area is 244 Å². The Balaban J connectivity index is 1.54. The number of pyridine rings is 2. The number of carbonyl (C=O) groups is 1. The second-order valence-corrected chi connectivity index (χ2v) is 10.6. The summed E-state index contributed by atoms with van der Waals surface area (Å²) in [4.78, 5) is 36.4. The fraction of sp³-hybridized carbons (Fsp3) is 0.0938. The summed E-state index contributed by atoms with van der Waals surface area (Å²) in [5.74, 6) is 0.346. The molecule has 2 aromatic carbocycles. The van der Waals surface area contributed by atoms with Gasteiger partial charge in [-0.2, -0.15) is 0 Å². The number of rotatable bonds is 7. The number of amides is 1. The number of benzene rings is 2. The van der Waals surface area contributed by atoms with E-state index < -0.39 is 0 Å². The highest BCUT2D eigenvalue weighted by atomic mass is 32.1. The lowest BCUT2D eigenvalue weighted by atomic mass is 10.1. The van der Waals surface area contributed by atoms with Gasteiger partial charge in [0, 0.05) is 23.9 Å². The molecule has 10 heteroatoms. The number of carbonyl (C=O) groups excluding carboxylic acids is 1. The topological polar surface area (TPSA) is 114 Å². The Morgan fingerprint density at radius 2 is 1.86 bits per heavy atom. The third-order valence-electron chi connectivity index (χ3n) is 6.89. The summed E-state index contributed by atoms with van der Waals surface area (Å²) < 4.78 is 8.34. The summed E-state index contributed by atoms with van der Waals surface area (Å²) in [5, 5.41) is 13.5. The lowest BCUT2D eigenvalue weighted by Gasteiger charge is -2.12. The first-order valence-electron chi connectivity index (χ1n) is 13.1. The highest BCUT2D eigenvalue weighted by Crippen LogP contribution is 2.38. The number of methoxy groups -OCH3 is 1. The van der Waals surface area contributed by atoms with Gasteiger partial charge in [0.25, 0.3) is 11.5 Å². The van der Waals surface area contributed by atoms with E-state index in [2.05, 4.69) is 11.9 Å². The van der Waals surface area contributed by atoms with Crippen LogP contribution in [0, 0.1) is 12.3 Å². The molecular weight excluding hydrogens is 548 g/mol. The SMILES string of the molecule is C=CCn1c(=N)c(-c2nc(-c3ccc(C)cc3)c(NC(=O)c3ccc(OC)cc3)s2)cc2c(=O)n3ccccc3nc21. The maximum Gasteiger partial charge on any atom is 0.267 e. The number of hydrogen-bond acceptors (Lipinski definition) is 7. The van der Waals surface area contributed by atoms with Gasteiger partial charge in [0.1, 0.15) is 38.2 Å². The Kier molecular flexibility index (Phi) is 6.97. The van der Waals surface area contributed by atoms with Gasteiger partial charge in [0.2, 0.25) is 0 Å². The second kappa shape index (κ2) is 10.9. The first-order valence-corrected chi connectivity index (χ1v) is 13.9. The van der Waals surface area contributed by atoms with Crippen molar-refractivity contribution in [3.63, 3.8) is 0 Å². The van der Waals surface area contributed by atoms with E-state index in [0.717, 1.165) is 11.1 Å². The van der Waals surface area contributed by atoms with E-state index in [1.807, 2.05) is 37.3 Å². The molecule has 0 saturated heterocycles. The van der Waals surface area contributed by atoms with Crippen LogP contribution < -0.4 is 21.1 Å². The van der Waals surface area contributed by atoms with Crippen molar-refractivity contribution in [2.75, 3.05) is 12.4 Å². The van der Waals surface area contributed by atoms with E-state index in [1.165, 1.54) is 15.7 Å². The van der Waals surface area contributed by atoms with E-state index in [0.29, 0.717) is 49.3 Å². The first kappa shape index (κ1) is 26.9. The normalized spacial score (nSPS) is 11.1. The maximum atomic E-state index is 13.6. The number of fused-ring (bicyclic) bond motifs is 2. The third kappa shape index (κ3) is 4.77. The number of ether oxygens (including phenoxy) is 1. The average molecular weight is 575 g/mol. The molecule has 4 aromatic heterocycles. The third-order valence-corrected chi connectivity index (χ3v) is 7.90. The van der Waals surface area contributed by atoms with E-state index >= 15 is 0 Å². The number of aryl methyl sites for hydroxylation is 1. The molecule has 2 N–H and O–H groups in total. The molecule has 208 valence electrons. The molecule has 4 heterocycles. The van der Waals surface area contributed by atoms with Crippen LogP contribution in [0.15, 0.2) is 96.4 Å². The molecule has 0 aliphatic rings. The number of allylic oxidation sites excluding steroid dienone is 1. The van der Waals surface area contributed by atoms with Crippen molar-refractivity contribution in [2.45, 2.75) is 13.5 Å². The summed E-state index contributed by atoms with van der Waals surface area (Å²) in [6, 6.07) is 21.7. The summed E-state index contributed by atoms with van der Waals surface area (Å²) in [6.45, 7) is 6.12. The summed E-state index contributed by atoms with van der Waals surface area (Å²) >= 11 is 1.25. The molecular formula is C32H26N6O3S. The zero-order valence-electron chi connectivity index (χ0n) is 22.9. The Morgan fingerprint density at radius 1 is 1.10 bits per heavy atom. The highest BCUT2D eigenvalue weighted by molar-refractivity contribution is 7.19. The van der Waals surface area contributed by atoms with E-state index in [-0.39, 0.29) is 23.5 Å². The van der Waals surface area contributed by atoms with Crippen LogP contribution in [0.4, 0.5) is 5.00 Å². The molecule has 6 aromatic rings. The quantitative estimate of drug-likeness (QED) is 0.188. The van der Waals surface area contributed by atoms with Gasteiger partial charge in [-0.25, -0.2) is 9.97 Å². The lowest BCUT2D eigenvalue weighted by Crippen LogP contribution is -2.26. The first-order chi connectivity index (χ1) is 20.4. The van der Waals surface area contributed by atoms with Crippen LogP contribution >= 0.6 is 11.3 Å². The van der Waals surface area contributed by atoms with Crippen molar-refractivity contribution in [1.29, 1.82) is 5.41 Å². The smallest absolute Gasteiger partial charge is 0.267 e. The predicted octanol–water partition coefficient (Wildman–Crippen LogP) is 5.67. The highest BCUT2D eigenvalue weighted by Gasteiger charge is 2.21. The predicted molar refractivity (Wildman–Crippen MR) is 165 cm³/mol. The molecule has 0 saturated carbocycles. The number of aromatic nitrogens is 4. The zero-order chi connectivity index (χ0) is 29.4. The van der Waals surface area contributed by atoms with Crippen LogP contribution in [0.25, 0.3) is 38.5 Å². The number of nitrogens with one attached hydrogen (secondary N) is 2. The Hall–Kier alpha value is -5.35. The molecule has 0 radical (unpaired) electrons. The van der Waals surface area contributed by atoms with Crippen molar-refractivity contribution >= 4 is 38.9 Å². The van der Waals surface area contributed by atoms with Crippen LogP contribution in [0.1, 0.15) is 15.9 Å². The van der Waals surface area contributed by atoms with Gasteiger partial charge in [0.15, 0.2) is 0 Å². The fourth-order valence-corrected chi connectivity index (χ4v) is 5.70. The molecule has 0 bridgehead atoms. The van der Waals surface area contributed by atoms with Crippen molar-refractivity contribution in [3.8, 4) is 27.6 Å². The molecule has 0 fully saturated rings. The van der Waals surface area contributed by atoms with Crippen LogP contribution in [0.5, 0.6) is 5.75 Å². The molecule has 1 amide bonds. The number of nitrogens with zero attached hydrogens (tertiary/aromatic N) is 4. The van der Waals surface area contributed by atoms with Gasteiger partial charge in [0.05, 0.1) is 18.1 Å². The molecule has 0 aliphatic heterocycles. The minimum absolute atomic E-state index is 0.131. The maximum absolute atomic E-state index is 13.6. The summed E-state index contributed by atoms with van der Waals surface area (Å²) in [5.41, 5.74) is 4.14. The zero-order valence-corrected chi connectivity index (χ0v) is 23.7. The Bertz CT molecular complexity index is 2110. The van der Waals surface area contributed by atoms with Gasteiger partial charge in [-0.1, -0.05) is 53.3 Å². The molecule has 0 spiro atoms. The van der Waals surface area contributed by atoms with E-state index in [9.17, 15) is 9.59 Å². The van der Waals surface area contributed by atoms with Crippen LogP contribution in [-0.2, 0) is 6.54 Å². The minimum atomic E-state index is -0.304. The minimum Gasteiger partial charge on any atom is -0.497 e. The van der Waals surface area contributed by atoms with Crippen LogP contribution in [0.2, 0.25) is 0 Å². The van der Waals surface area contributed by atoms with Gasteiger partial charge < -0.3 is 14.6 Å². The lowest BCUT2D eigenvalue weighted by molar-refractivity contribution is 0.102. The molecule has 6 rings (SSSR count). The van der Waals surface area contributed by atoms with Gasteiger partial charge >= 0.3 is 0 Å². The van der Waals surface area contributed by atoms with Crippen molar-refractivity contribution in [2.24, 2.45) is 0 Å². The second-order valence-electron chi connectivity index (χ2n) is 9.63. The Morgan fingerprint density at radius 3 is 2.57 bits per heavy atom. The van der Waals surface area contributed by atoms with Gasteiger partial charge in [-0.3, -0.25) is 19.4 Å². The summed E-state index contributed by atoms with van der Waals surface area (Å²) in [6.07, 6.45) is 3.33. The van der Waals surface area contributed by atoms with E-state index in [1.54, 1.807) is 66.4 Å². The number of anilines is 1. The monoisotopic (exact) mass is 574 g/mol.